The minimum atomic E-state index is -0.539. The Bertz CT molecular complexity index is 1010. The third-order valence-corrected chi connectivity index (χ3v) is 4.59. The third-order valence-electron chi connectivity index (χ3n) is 4.59. The van der Waals surface area contributed by atoms with Gasteiger partial charge in [0.1, 0.15) is 11.3 Å². The second kappa shape index (κ2) is 10.6. The second-order valence-corrected chi connectivity index (χ2v) is 8.36. The van der Waals surface area contributed by atoms with E-state index < -0.39 is 11.7 Å². The number of nitrogens with one attached hydrogen (secondary N) is 2. The Morgan fingerprint density at radius 2 is 1.88 bits per heavy atom. The molecule has 0 saturated heterocycles. The Hall–Kier alpha value is -3.68. The maximum Gasteiger partial charge on any atom is 0.407 e. The molecule has 0 spiro atoms. The smallest absolute Gasteiger partial charge is 0.407 e. The zero-order valence-electron chi connectivity index (χ0n) is 18.6. The number of rotatable bonds is 8. The predicted molar refractivity (Wildman–Crippen MR) is 121 cm³/mol. The van der Waals surface area contributed by atoms with Gasteiger partial charge in [-0.3, -0.25) is 9.78 Å². The fourth-order valence-corrected chi connectivity index (χ4v) is 3.16. The molecule has 168 valence electrons. The van der Waals surface area contributed by atoms with Crippen LogP contribution in [0.2, 0.25) is 0 Å². The molecule has 8 heteroatoms. The molecule has 0 bridgehead atoms. The molecule has 1 atom stereocenters. The van der Waals surface area contributed by atoms with Gasteiger partial charge >= 0.3 is 6.09 Å². The third kappa shape index (κ3) is 6.94. The van der Waals surface area contributed by atoms with E-state index in [9.17, 15) is 9.59 Å². The monoisotopic (exact) mass is 435 g/mol. The number of alkyl carbamates (subject to hydrolysis) is 1. The van der Waals surface area contributed by atoms with E-state index in [1.807, 2.05) is 63.4 Å². The van der Waals surface area contributed by atoms with E-state index >= 15 is 0 Å². The second-order valence-electron chi connectivity index (χ2n) is 8.36. The lowest BCUT2D eigenvalue weighted by Crippen LogP contribution is -2.34. The molecular formula is C24H29N5O3. The molecule has 8 nitrogen and oxygen atoms in total. The molecule has 1 aromatic carbocycles. The van der Waals surface area contributed by atoms with Crippen LogP contribution in [-0.4, -0.2) is 38.9 Å². The van der Waals surface area contributed by atoms with E-state index in [0.717, 1.165) is 11.3 Å². The SMILES string of the molecule is CC(C)(C)OC(=O)NCCCC(NC(=O)c1cc(-n2cccn2)ccn1)c1ccccc1. The van der Waals surface area contributed by atoms with Gasteiger partial charge in [0.05, 0.1) is 11.7 Å². The van der Waals surface area contributed by atoms with E-state index in [0.29, 0.717) is 25.1 Å². The first-order valence-corrected chi connectivity index (χ1v) is 10.6. The van der Waals surface area contributed by atoms with E-state index in [-0.39, 0.29) is 11.9 Å². The summed E-state index contributed by atoms with van der Waals surface area (Å²) in [5.41, 5.74) is 1.52. The first-order chi connectivity index (χ1) is 15.3. The number of hydrogen-bond acceptors (Lipinski definition) is 5. The summed E-state index contributed by atoms with van der Waals surface area (Å²) in [5, 5.41) is 10.0. The van der Waals surface area contributed by atoms with Gasteiger partial charge in [-0.25, -0.2) is 9.48 Å². The van der Waals surface area contributed by atoms with Crippen molar-refractivity contribution in [3.05, 3.63) is 78.4 Å². The van der Waals surface area contributed by atoms with Crippen molar-refractivity contribution in [2.24, 2.45) is 0 Å². The van der Waals surface area contributed by atoms with Crippen molar-refractivity contribution in [2.75, 3.05) is 6.54 Å². The van der Waals surface area contributed by atoms with Crippen LogP contribution in [0.1, 0.15) is 55.7 Å². The summed E-state index contributed by atoms with van der Waals surface area (Å²) in [4.78, 5) is 29.0. The van der Waals surface area contributed by atoms with Crippen LogP contribution in [0.25, 0.3) is 5.69 Å². The van der Waals surface area contributed by atoms with E-state index in [1.165, 1.54) is 0 Å². The van der Waals surface area contributed by atoms with Gasteiger partial charge in [0.25, 0.3) is 5.91 Å². The molecule has 2 amide bonds. The molecule has 0 fully saturated rings. The van der Waals surface area contributed by atoms with Crippen LogP contribution in [-0.2, 0) is 4.74 Å². The molecule has 2 N–H and O–H groups in total. The molecule has 0 radical (unpaired) electrons. The topological polar surface area (TPSA) is 98.1 Å². The summed E-state index contributed by atoms with van der Waals surface area (Å²) in [5.74, 6) is -0.270. The van der Waals surface area contributed by atoms with Crippen molar-refractivity contribution in [3.63, 3.8) is 0 Å². The van der Waals surface area contributed by atoms with E-state index in [4.69, 9.17) is 4.74 Å². The Kier molecular flexibility index (Phi) is 7.59. The maximum absolute atomic E-state index is 13.0. The minimum absolute atomic E-state index is 0.223. The Morgan fingerprint density at radius 3 is 2.56 bits per heavy atom. The zero-order valence-corrected chi connectivity index (χ0v) is 18.6. The molecule has 0 saturated carbocycles. The van der Waals surface area contributed by atoms with Crippen molar-refractivity contribution in [1.29, 1.82) is 0 Å². The molecule has 3 rings (SSSR count). The number of ether oxygens (including phenoxy) is 1. The largest absolute Gasteiger partial charge is 0.444 e. The van der Waals surface area contributed by atoms with Crippen molar-refractivity contribution >= 4 is 12.0 Å². The van der Waals surface area contributed by atoms with Gasteiger partial charge in [0.15, 0.2) is 0 Å². The van der Waals surface area contributed by atoms with Crippen LogP contribution in [0.4, 0.5) is 4.79 Å². The van der Waals surface area contributed by atoms with Gasteiger partial charge in [-0.2, -0.15) is 5.10 Å². The molecule has 0 aliphatic heterocycles. The van der Waals surface area contributed by atoms with Crippen LogP contribution in [0.3, 0.4) is 0 Å². The minimum Gasteiger partial charge on any atom is -0.444 e. The first-order valence-electron chi connectivity index (χ1n) is 10.6. The number of amides is 2. The highest BCUT2D eigenvalue weighted by Gasteiger charge is 2.18. The summed E-state index contributed by atoms with van der Waals surface area (Å²) in [6.07, 6.45) is 5.94. The van der Waals surface area contributed by atoms with Crippen LogP contribution in [0.15, 0.2) is 67.1 Å². The van der Waals surface area contributed by atoms with Crippen molar-refractivity contribution in [1.82, 2.24) is 25.4 Å². The molecule has 1 unspecified atom stereocenters. The zero-order chi connectivity index (χ0) is 23.0. The van der Waals surface area contributed by atoms with Gasteiger partial charge in [0.2, 0.25) is 0 Å². The van der Waals surface area contributed by atoms with Crippen molar-refractivity contribution < 1.29 is 14.3 Å². The van der Waals surface area contributed by atoms with Crippen LogP contribution in [0.5, 0.6) is 0 Å². The summed E-state index contributed by atoms with van der Waals surface area (Å²) >= 11 is 0. The highest BCUT2D eigenvalue weighted by atomic mass is 16.6. The number of nitrogens with zero attached hydrogens (tertiary/aromatic N) is 3. The van der Waals surface area contributed by atoms with E-state index in [1.54, 1.807) is 29.2 Å². The normalized spacial score (nSPS) is 12.1. The summed E-state index contributed by atoms with van der Waals surface area (Å²) < 4.78 is 6.93. The van der Waals surface area contributed by atoms with Crippen LogP contribution in [0, 0.1) is 0 Å². The van der Waals surface area contributed by atoms with Crippen LogP contribution >= 0.6 is 0 Å². The average molecular weight is 436 g/mol. The highest BCUT2D eigenvalue weighted by molar-refractivity contribution is 5.93. The number of aromatic nitrogens is 3. The molecule has 0 aliphatic rings. The standard InChI is InChI=1S/C24H29N5O3/c1-24(2,3)32-23(31)26-13-7-11-20(18-9-5-4-6-10-18)28-22(30)21-17-19(12-15-25-21)29-16-8-14-27-29/h4-6,8-10,12,14-17,20H,7,11,13H2,1-3H3,(H,26,31)(H,28,30). The Morgan fingerprint density at radius 1 is 1.09 bits per heavy atom. The van der Waals surface area contributed by atoms with Gasteiger partial charge in [0, 0.05) is 25.1 Å². The predicted octanol–water partition coefficient (Wildman–Crippen LogP) is 4.04. The average Bonchev–Trinajstić information content (AvgIpc) is 3.30. The molecule has 0 aliphatic carbocycles. The van der Waals surface area contributed by atoms with Gasteiger partial charge in [-0.05, 0) is 57.4 Å². The molecule has 3 aromatic rings. The number of hydrogen-bond donors (Lipinski definition) is 2. The van der Waals surface area contributed by atoms with Crippen LogP contribution < -0.4 is 10.6 Å². The molecular weight excluding hydrogens is 406 g/mol. The number of carbonyl (C=O) groups is 2. The van der Waals surface area contributed by atoms with E-state index in [2.05, 4.69) is 20.7 Å². The number of pyridine rings is 1. The van der Waals surface area contributed by atoms with Gasteiger partial charge in [-0.1, -0.05) is 30.3 Å². The quantitative estimate of drug-likeness (QED) is 0.520. The van der Waals surface area contributed by atoms with Crippen molar-refractivity contribution in [2.45, 2.75) is 45.3 Å². The highest BCUT2D eigenvalue weighted by Crippen LogP contribution is 2.19. The summed E-state index contributed by atoms with van der Waals surface area (Å²) in [7, 11) is 0. The number of benzene rings is 1. The Balaban J connectivity index is 1.63. The molecule has 2 heterocycles. The lowest BCUT2D eigenvalue weighted by Gasteiger charge is -2.21. The summed E-state index contributed by atoms with van der Waals surface area (Å²) in [6, 6.07) is 14.8. The molecule has 2 aromatic heterocycles. The van der Waals surface area contributed by atoms with Crippen molar-refractivity contribution in [3.8, 4) is 5.69 Å². The van der Waals surface area contributed by atoms with Gasteiger partial charge in [-0.15, -0.1) is 0 Å². The maximum atomic E-state index is 13.0. The lowest BCUT2D eigenvalue weighted by molar-refractivity contribution is 0.0526. The fourth-order valence-electron chi connectivity index (χ4n) is 3.16. The lowest BCUT2D eigenvalue weighted by atomic mass is 10.0. The number of carbonyl (C=O) groups excluding carboxylic acids is 2. The molecule has 32 heavy (non-hydrogen) atoms. The van der Waals surface area contributed by atoms with Gasteiger partial charge < -0.3 is 15.4 Å². The first kappa shape index (κ1) is 23.0. The summed E-state index contributed by atoms with van der Waals surface area (Å²) in [6.45, 7) is 5.91. The Labute approximate surface area is 188 Å². The fraction of sp³-hybridized carbons (Fsp3) is 0.333.